The number of nitrogens with one attached hydrogen (secondary N) is 1. The van der Waals surface area contributed by atoms with Crippen LogP contribution >= 0.6 is 0 Å². The summed E-state index contributed by atoms with van der Waals surface area (Å²) in [5.41, 5.74) is 2.79. The van der Waals surface area contributed by atoms with Gasteiger partial charge in [0.1, 0.15) is 6.54 Å². The Morgan fingerprint density at radius 2 is 1.79 bits per heavy atom. The number of hydrogen-bond donors (Lipinski definition) is 1. The Hall–Kier alpha value is -3.52. The van der Waals surface area contributed by atoms with Gasteiger partial charge >= 0.3 is 0 Å². The number of carbonyl (C=O) groups excluding carboxylic acids is 2. The van der Waals surface area contributed by atoms with E-state index in [0.717, 1.165) is 11.1 Å². The minimum atomic E-state index is -0.289. The van der Waals surface area contributed by atoms with Crippen molar-refractivity contribution in [2.24, 2.45) is 0 Å². The van der Waals surface area contributed by atoms with Crippen LogP contribution in [0.2, 0.25) is 0 Å². The number of hydrogen-bond acceptors (Lipinski definition) is 5. The summed E-state index contributed by atoms with van der Waals surface area (Å²) in [5.74, 6) is -0.312. The lowest BCUT2D eigenvalue weighted by Crippen LogP contribution is -2.48. The van der Waals surface area contributed by atoms with E-state index in [4.69, 9.17) is 4.74 Å². The molecule has 0 aliphatic carbocycles. The third-order valence-electron chi connectivity index (χ3n) is 5.77. The van der Waals surface area contributed by atoms with Gasteiger partial charge in [-0.3, -0.25) is 19.0 Å². The molecule has 3 aromatic rings. The van der Waals surface area contributed by atoms with E-state index >= 15 is 0 Å². The van der Waals surface area contributed by atoms with Crippen molar-refractivity contribution < 1.29 is 14.3 Å². The fourth-order valence-corrected chi connectivity index (χ4v) is 4.15. The zero-order chi connectivity index (χ0) is 23.5. The fraction of sp³-hybridized carbons (Fsp3) is 0.360. The Morgan fingerprint density at radius 1 is 1.09 bits per heavy atom. The molecule has 8 heteroatoms. The molecule has 172 valence electrons. The molecule has 4 rings (SSSR count). The molecule has 1 fully saturated rings. The van der Waals surface area contributed by atoms with E-state index in [0.29, 0.717) is 36.1 Å². The smallest absolute Gasteiger partial charge is 0.261 e. The molecule has 2 aromatic carbocycles. The lowest BCUT2D eigenvalue weighted by Gasteiger charge is -2.35. The van der Waals surface area contributed by atoms with Crippen LogP contribution in [0, 0.1) is 6.92 Å². The molecule has 0 radical (unpaired) electrons. The summed E-state index contributed by atoms with van der Waals surface area (Å²) in [4.78, 5) is 44.0. The van der Waals surface area contributed by atoms with E-state index in [1.54, 1.807) is 24.3 Å². The van der Waals surface area contributed by atoms with E-state index in [2.05, 4.69) is 10.3 Å². The van der Waals surface area contributed by atoms with Crippen LogP contribution in [0.1, 0.15) is 35.3 Å². The standard InChI is InChI=1S/C25H28N4O4/c1-16-5-4-6-21-23(16)27-15-29(25(21)32)14-22(30)26-11-19-7-9-20(10-8-19)24(31)28-12-17(2)33-18(3)13-28/h4-10,15,17-18H,11-14H2,1-3H3,(H,26,30). The highest BCUT2D eigenvalue weighted by molar-refractivity contribution is 5.94. The van der Waals surface area contributed by atoms with Crippen molar-refractivity contribution in [2.75, 3.05) is 13.1 Å². The number of para-hydroxylation sites is 1. The third-order valence-corrected chi connectivity index (χ3v) is 5.77. The Labute approximate surface area is 192 Å². The first-order valence-electron chi connectivity index (χ1n) is 11.1. The molecular weight excluding hydrogens is 420 g/mol. The van der Waals surface area contributed by atoms with Crippen molar-refractivity contribution in [3.8, 4) is 0 Å². The number of amides is 2. The molecule has 1 saturated heterocycles. The molecular formula is C25H28N4O4. The number of aryl methyl sites for hydroxylation is 1. The molecule has 1 aliphatic heterocycles. The number of nitrogens with zero attached hydrogens (tertiary/aromatic N) is 3. The van der Waals surface area contributed by atoms with Crippen LogP contribution in [-0.2, 0) is 22.6 Å². The summed E-state index contributed by atoms with van der Waals surface area (Å²) in [6, 6.07) is 12.6. The molecule has 2 unspecified atom stereocenters. The van der Waals surface area contributed by atoms with Gasteiger partial charge in [-0.2, -0.15) is 0 Å². The van der Waals surface area contributed by atoms with Crippen LogP contribution in [0.15, 0.2) is 53.6 Å². The average molecular weight is 449 g/mol. The molecule has 1 aliphatic rings. The Kier molecular flexibility index (Phi) is 6.55. The van der Waals surface area contributed by atoms with E-state index < -0.39 is 0 Å². The highest BCUT2D eigenvalue weighted by atomic mass is 16.5. The largest absolute Gasteiger partial charge is 0.372 e. The van der Waals surface area contributed by atoms with Crippen LogP contribution in [0.3, 0.4) is 0 Å². The zero-order valence-electron chi connectivity index (χ0n) is 19.1. The fourth-order valence-electron chi connectivity index (χ4n) is 4.15. The van der Waals surface area contributed by atoms with E-state index in [-0.39, 0.29) is 36.1 Å². The normalized spacial score (nSPS) is 18.3. The summed E-state index contributed by atoms with van der Waals surface area (Å²) in [6.45, 7) is 7.16. The number of morpholine rings is 1. The summed E-state index contributed by atoms with van der Waals surface area (Å²) in [7, 11) is 0. The summed E-state index contributed by atoms with van der Waals surface area (Å²) in [6.07, 6.45) is 1.44. The van der Waals surface area contributed by atoms with Gasteiger partial charge in [0.15, 0.2) is 0 Å². The average Bonchev–Trinajstić information content (AvgIpc) is 2.79. The van der Waals surface area contributed by atoms with Gasteiger partial charge in [-0.05, 0) is 50.1 Å². The van der Waals surface area contributed by atoms with Crippen LogP contribution in [0.25, 0.3) is 10.9 Å². The first kappa shape index (κ1) is 22.7. The topological polar surface area (TPSA) is 93.5 Å². The van der Waals surface area contributed by atoms with E-state index in [1.165, 1.54) is 10.9 Å². The van der Waals surface area contributed by atoms with Gasteiger partial charge in [0.2, 0.25) is 5.91 Å². The Balaban J connectivity index is 1.35. The number of ether oxygens (including phenoxy) is 1. The van der Waals surface area contributed by atoms with Crippen molar-refractivity contribution in [2.45, 2.75) is 46.1 Å². The van der Waals surface area contributed by atoms with Crippen molar-refractivity contribution in [3.63, 3.8) is 0 Å². The molecule has 2 heterocycles. The van der Waals surface area contributed by atoms with Crippen molar-refractivity contribution in [3.05, 3.63) is 75.8 Å². The lowest BCUT2D eigenvalue weighted by molar-refractivity contribution is -0.121. The Morgan fingerprint density at radius 3 is 2.48 bits per heavy atom. The molecule has 0 saturated carbocycles. The van der Waals surface area contributed by atoms with Gasteiger partial charge in [0.25, 0.3) is 11.5 Å². The highest BCUT2D eigenvalue weighted by Gasteiger charge is 2.26. The third kappa shape index (κ3) is 5.12. The van der Waals surface area contributed by atoms with Crippen LogP contribution in [-0.4, -0.2) is 51.6 Å². The minimum Gasteiger partial charge on any atom is -0.372 e. The van der Waals surface area contributed by atoms with E-state index in [9.17, 15) is 14.4 Å². The predicted molar refractivity (Wildman–Crippen MR) is 125 cm³/mol. The van der Waals surface area contributed by atoms with E-state index in [1.807, 2.05) is 43.9 Å². The number of benzene rings is 2. The SMILES string of the molecule is Cc1cccc2c(=O)n(CC(=O)NCc3ccc(C(=O)N4CC(C)OC(C)C4)cc3)cnc12. The molecule has 33 heavy (non-hydrogen) atoms. The second kappa shape index (κ2) is 9.54. The maximum absolute atomic E-state index is 12.8. The number of rotatable bonds is 5. The Bertz CT molecular complexity index is 1230. The van der Waals surface area contributed by atoms with Crippen LogP contribution in [0.4, 0.5) is 0 Å². The maximum atomic E-state index is 12.8. The second-order valence-electron chi connectivity index (χ2n) is 8.59. The summed E-state index contributed by atoms with van der Waals surface area (Å²) < 4.78 is 7.00. The number of fused-ring (bicyclic) bond motifs is 1. The molecule has 1 N–H and O–H groups in total. The summed E-state index contributed by atoms with van der Waals surface area (Å²) in [5, 5.41) is 3.31. The number of carbonyl (C=O) groups is 2. The molecule has 8 nitrogen and oxygen atoms in total. The van der Waals surface area contributed by atoms with Gasteiger partial charge in [-0.15, -0.1) is 0 Å². The molecule has 2 amide bonds. The van der Waals surface area contributed by atoms with Gasteiger partial charge in [-0.25, -0.2) is 4.98 Å². The molecule has 0 spiro atoms. The molecule has 0 bridgehead atoms. The summed E-state index contributed by atoms with van der Waals surface area (Å²) >= 11 is 0. The lowest BCUT2D eigenvalue weighted by atomic mass is 10.1. The van der Waals surface area contributed by atoms with Gasteiger partial charge in [0.05, 0.1) is 29.4 Å². The van der Waals surface area contributed by atoms with Gasteiger partial charge in [0, 0.05) is 25.2 Å². The van der Waals surface area contributed by atoms with Gasteiger partial charge in [-0.1, -0.05) is 24.3 Å². The first-order chi connectivity index (χ1) is 15.8. The monoisotopic (exact) mass is 448 g/mol. The van der Waals surface area contributed by atoms with Crippen molar-refractivity contribution in [1.82, 2.24) is 19.8 Å². The predicted octanol–water partition coefficient (Wildman–Crippen LogP) is 2.27. The van der Waals surface area contributed by atoms with Gasteiger partial charge < -0.3 is 15.0 Å². The minimum absolute atomic E-state index is 0.0153. The highest BCUT2D eigenvalue weighted by Crippen LogP contribution is 2.15. The van der Waals surface area contributed by atoms with Crippen LogP contribution in [0.5, 0.6) is 0 Å². The zero-order valence-corrected chi connectivity index (χ0v) is 19.1. The van der Waals surface area contributed by atoms with Crippen molar-refractivity contribution in [1.29, 1.82) is 0 Å². The first-order valence-corrected chi connectivity index (χ1v) is 11.1. The quantitative estimate of drug-likeness (QED) is 0.646. The van der Waals surface area contributed by atoms with Crippen LogP contribution < -0.4 is 10.9 Å². The number of aromatic nitrogens is 2. The second-order valence-corrected chi connectivity index (χ2v) is 8.59. The molecule has 1 aromatic heterocycles. The maximum Gasteiger partial charge on any atom is 0.261 e. The van der Waals surface area contributed by atoms with Crippen molar-refractivity contribution >= 4 is 22.7 Å². The molecule has 2 atom stereocenters.